The molecule has 0 atom stereocenters. The van der Waals surface area contributed by atoms with Crippen LogP contribution in [0.1, 0.15) is 18.4 Å². The fraction of sp³-hybridized carbons (Fsp3) is 0.417. The third-order valence-corrected chi connectivity index (χ3v) is 6.03. The van der Waals surface area contributed by atoms with Crippen LogP contribution in [0.2, 0.25) is 5.02 Å². The molecule has 8 nitrogen and oxygen atoms in total. The summed E-state index contributed by atoms with van der Waals surface area (Å²) < 4.78 is 19.1. The molecule has 0 spiro atoms. The molecular formula is C24H29ClN4O4. The van der Waals surface area contributed by atoms with Gasteiger partial charge in [0.2, 0.25) is 0 Å². The Hall–Kier alpha value is -2.81. The first kappa shape index (κ1) is 23.4. The number of rotatable bonds is 10. The highest BCUT2D eigenvalue weighted by Crippen LogP contribution is 2.30. The maximum Gasteiger partial charge on any atom is 0.161 e. The maximum absolute atomic E-state index is 10.9. The Morgan fingerprint density at radius 1 is 1.03 bits per heavy atom. The van der Waals surface area contributed by atoms with E-state index in [1.807, 2.05) is 28.8 Å². The Balaban J connectivity index is 1.28. The number of hydrogen-bond acceptors (Lipinski definition) is 7. The van der Waals surface area contributed by atoms with Crippen molar-refractivity contribution in [2.75, 3.05) is 33.4 Å². The van der Waals surface area contributed by atoms with Crippen molar-refractivity contribution in [1.82, 2.24) is 19.7 Å². The van der Waals surface area contributed by atoms with Gasteiger partial charge >= 0.3 is 0 Å². The van der Waals surface area contributed by atoms with E-state index in [0.717, 1.165) is 25.2 Å². The topological polar surface area (TPSA) is 81.9 Å². The molecule has 1 saturated heterocycles. The van der Waals surface area contributed by atoms with E-state index < -0.39 is 5.60 Å². The van der Waals surface area contributed by atoms with Crippen LogP contribution < -0.4 is 14.2 Å². The van der Waals surface area contributed by atoms with Crippen molar-refractivity contribution >= 4 is 11.6 Å². The van der Waals surface area contributed by atoms with Crippen molar-refractivity contribution in [2.45, 2.75) is 31.5 Å². The molecule has 0 unspecified atom stereocenters. The average molecular weight is 473 g/mol. The zero-order valence-corrected chi connectivity index (χ0v) is 19.4. The lowest BCUT2D eigenvalue weighted by atomic mass is 9.92. The third-order valence-electron chi connectivity index (χ3n) is 5.80. The lowest BCUT2D eigenvalue weighted by molar-refractivity contribution is -0.0537. The number of nitrogens with zero attached hydrogens (tertiary/aromatic N) is 4. The standard InChI is InChI=1S/C24H29ClN4O4/c1-31-22-6-5-19(13-23(22)32-12-11-29-17-26-27-18-29)15-28-9-7-24(30,8-10-28)16-33-21-4-2-3-20(25)14-21/h2-6,13-14,17-18,30H,7-12,15-16H2,1H3. The number of aromatic nitrogens is 3. The van der Waals surface area contributed by atoms with Crippen molar-refractivity contribution in [1.29, 1.82) is 0 Å². The molecule has 1 N–H and O–H groups in total. The Morgan fingerprint density at radius 3 is 2.55 bits per heavy atom. The van der Waals surface area contributed by atoms with Crippen LogP contribution in [-0.2, 0) is 13.1 Å². The van der Waals surface area contributed by atoms with Gasteiger partial charge in [-0.1, -0.05) is 23.7 Å². The fourth-order valence-electron chi connectivity index (χ4n) is 3.84. The number of ether oxygens (including phenoxy) is 3. The zero-order valence-electron chi connectivity index (χ0n) is 18.7. The molecule has 2 aromatic carbocycles. The van der Waals surface area contributed by atoms with Gasteiger partial charge in [-0.05, 0) is 48.7 Å². The van der Waals surface area contributed by atoms with E-state index in [2.05, 4.69) is 21.2 Å². The van der Waals surface area contributed by atoms with Gasteiger partial charge in [-0.15, -0.1) is 10.2 Å². The highest BCUT2D eigenvalue weighted by molar-refractivity contribution is 6.30. The van der Waals surface area contributed by atoms with Crippen LogP contribution in [0.3, 0.4) is 0 Å². The van der Waals surface area contributed by atoms with Crippen molar-refractivity contribution in [2.24, 2.45) is 0 Å². The molecular weight excluding hydrogens is 444 g/mol. The van der Waals surface area contributed by atoms with Crippen LogP contribution in [0.5, 0.6) is 17.2 Å². The quantitative estimate of drug-likeness (QED) is 0.484. The summed E-state index contributed by atoms with van der Waals surface area (Å²) in [6.45, 7) is 3.74. The van der Waals surface area contributed by atoms with Gasteiger partial charge < -0.3 is 23.9 Å². The Bertz CT molecular complexity index is 1020. The highest BCUT2D eigenvalue weighted by atomic mass is 35.5. The molecule has 1 aliphatic rings. The van der Waals surface area contributed by atoms with Crippen molar-refractivity contribution in [3.05, 3.63) is 65.7 Å². The summed E-state index contributed by atoms with van der Waals surface area (Å²) in [7, 11) is 1.64. The first-order valence-electron chi connectivity index (χ1n) is 11.0. The monoisotopic (exact) mass is 472 g/mol. The Labute approximate surface area is 198 Å². The molecule has 1 aromatic heterocycles. The van der Waals surface area contributed by atoms with Gasteiger partial charge in [0.05, 0.1) is 13.7 Å². The molecule has 0 bridgehead atoms. The number of hydrogen-bond donors (Lipinski definition) is 1. The number of piperidine rings is 1. The van der Waals surface area contributed by atoms with Gasteiger partial charge in [-0.25, -0.2) is 0 Å². The minimum atomic E-state index is -0.838. The molecule has 33 heavy (non-hydrogen) atoms. The first-order valence-corrected chi connectivity index (χ1v) is 11.4. The lowest BCUT2D eigenvalue weighted by Gasteiger charge is -2.38. The lowest BCUT2D eigenvalue weighted by Crippen LogP contribution is -2.47. The number of likely N-dealkylation sites (tertiary alicyclic amines) is 1. The van der Waals surface area contributed by atoms with Gasteiger partial charge in [-0.2, -0.15) is 0 Å². The molecule has 0 amide bonds. The second-order valence-electron chi connectivity index (χ2n) is 8.28. The molecule has 0 radical (unpaired) electrons. The highest BCUT2D eigenvalue weighted by Gasteiger charge is 2.33. The fourth-order valence-corrected chi connectivity index (χ4v) is 4.02. The van der Waals surface area contributed by atoms with E-state index in [-0.39, 0.29) is 6.61 Å². The SMILES string of the molecule is COc1ccc(CN2CCC(O)(COc3cccc(Cl)c3)CC2)cc1OCCn1cnnc1. The van der Waals surface area contributed by atoms with Crippen LogP contribution in [0.25, 0.3) is 0 Å². The van der Waals surface area contributed by atoms with Gasteiger partial charge in [-0.3, -0.25) is 4.90 Å². The Morgan fingerprint density at radius 2 is 1.82 bits per heavy atom. The minimum absolute atomic E-state index is 0.258. The number of benzene rings is 2. The second kappa shape index (κ2) is 10.9. The maximum atomic E-state index is 10.9. The van der Waals surface area contributed by atoms with E-state index in [9.17, 15) is 5.11 Å². The van der Waals surface area contributed by atoms with Crippen LogP contribution in [0.15, 0.2) is 55.1 Å². The van der Waals surface area contributed by atoms with Crippen LogP contribution in [0.4, 0.5) is 0 Å². The molecule has 1 aliphatic heterocycles. The van der Waals surface area contributed by atoms with E-state index in [1.54, 1.807) is 31.9 Å². The number of halogens is 1. The predicted octanol–water partition coefficient (Wildman–Crippen LogP) is 3.43. The summed E-state index contributed by atoms with van der Waals surface area (Å²) in [5, 5.41) is 19.2. The summed E-state index contributed by atoms with van der Waals surface area (Å²) in [6.07, 6.45) is 4.61. The second-order valence-corrected chi connectivity index (χ2v) is 8.72. The van der Waals surface area contributed by atoms with Crippen LogP contribution >= 0.6 is 11.6 Å². The Kier molecular flexibility index (Phi) is 7.69. The average Bonchev–Trinajstić information content (AvgIpc) is 3.33. The predicted molar refractivity (Wildman–Crippen MR) is 125 cm³/mol. The van der Waals surface area contributed by atoms with Crippen molar-refractivity contribution in [3.8, 4) is 17.2 Å². The summed E-state index contributed by atoms with van der Waals surface area (Å²) in [5.41, 5.74) is 0.297. The van der Waals surface area contributed by atoms with Crippen LogP contribution in [0, 0.1) is 0 Å². The van der Waals surface area contributed by atoms with Gasteiger partial charge in [0.15, 0.2) is 11.5 Å². The van der Waals surface area contributed by atoms with E-state index >= 15 is 0 Å². The normalized spacial score (nSPS) is 15.8. The molecule has 176 valence electrons. The summed E-state index contributed by atoms with van der Waals surface area (Å²) in [4.78, 5) is 2.33. The third kappa shape index (κ3) is 6.60. The first-order chi connectivity index (χ1) is 16.0. The van der Waals surface area contributed by atoms with Crippen LogP contribution in [-0.4, -0.2) is 63.8 Å². The summed E-state index contributed by atoms with van der Waals surface area (Å²) in [6, 6.07) is 13.3. The van der Waals surface area contributed by atoms with Gasteiger partial charge in [0.25, 0.3) is 0 Å². The molecule has 1 fully saturated rings. The van der Waals surface area contributed by atoms with Crippen molar-refractivity contribution in [3.63, 3.8) is 0 Å². The summed E-state index contributed by atoms with van der Waals surface area (Å²) in [5.74, 6) is 2.09. The molecule has 9 heteroatoms. The minimum Gasteiger partial charge on any atom is -0.493 e. The number of aliphatic hydroxyl groups is 1. The smallest absolute Gasteiger partial charge is 0.161 e. The van der Waals surface area contributed by atoms with Crippen molar-refractivity contribution < 1.29 is 19.3 Å². The molecule has 0 aliphatic carbocycles. The number of methoxy groups -OCH3 is 1. The van der Waals surface area contributed by atoms with E-state index in [1.165, 1.54) is 0 Å². The molecule has 3 aromatic rings. The summed E-state index contributed by atoms with van der Waals surface area (Å²) >= 11 is 6.01. The zero-order chi connectivity index (χ0) is 23.1. The van der Waals surface area contributed by atoms with E-state index in [4.69, 9.17) is 25.8 Å². The molecule has 2 heterocycles. The van der Waals surface area contributed by atoms with E-state index in [0.29, 0.717) is 48.3 Å². The van der Waals surface area contributed by atoms with Gasteiger partial charge in [0, 0.05) is 24.7 Å². The molecule has 4 rings (SSSR count). The van der Waals surface area contributed by atoms with Gasteiger partial charge in [0.1, 0.15) is 37.2 Å². The molecule has 0 saturated carbocycles. The largest absolute Gasteiger partial charge is 0.493 e.